The topological polar surface area (TPSA) is 94.5 Å². The summed E-state index contributed by atoms with van der Waals surface area (Å²) in [7, 11) is -4.31. The van der Waals surface area contributed by atoms with Gasteiger partial charge in [0.15, 0.2) is 5.69 Å². The van der Waals surface area contributed by atoms with E-state index in [1.165, 1.54) is 36.4 Å². The monoisotopic (exact) mass is 460 g/mol. The number of nitrogens with one attached hydrogen (secondary N) is 1. The van der Waals surface area contributed by atoms with Crippen molar-refractivity contribution in [3.05, 3.63) is 125 Å². The van der Waals surface area contributed by atoms with E-state index in [0.717, 1.165) is 22.8 Å². The fraction of sp³-hybridized carbons (Fsp3) is 0.0400. The Morgan fingerprint density at radius 3 is 2.03 bits per heavy atom. The van der Waals surface area contributed by atoms with Gasteiger partial charge in [-0.2, -0.15) is 8.42 Å². The summed E-state index contributed by atoms with van der Waals surface area (Å²) in [6, 6.07) is 28.7. The molecule has 33 heavy (non-hydrogen) atoms. The van der Waals surface area contributed by atoms with E-state index in [1.807, 2.05) is 54.6 Å². The number of nitrogens with zero attached hydrogens (tertiary/aromatic N) is 1. The van der Waals surface area contributed by atoms with Crippen molar-refractivity contribution in [3.8, 4) is 11.1 Å². The lowest BCUT2D eigenvalue weighted by atomic mass is 10.0. The lowest BCUT2D eigenvalue weighted by molar-refractivity contribution is 0.0921. The fourth-order valence-corrected chi connectivity index (χ4v) is 4.09. The molecule has 0 aliphatic heterocycles. The third-order valence-corrected chi connectivity index (χ3v) is 6.06. The summed E-state index contributed by atoms with van der Waals surface area (Å²) in [5.41, 5.74) is 1.95. The molecule has 8 heteroatoms. The third kappa shape index (κ3) is 5.19. The highest BCUT2D eigenvalue weighted by atomic mass is 32.2. The molecular formula is C25H20N2O5S. The number of benzene rings is 3. The Labute approximate surface area is 191 Å². The SMILES string of the molecule is O=C(NCc1ccc(-c2ccccc2)cc1)c1cccc(=O)n1OS(=O)(=O)c1ccccc1. The molecule has 0 saturated carbocycles. The molecule has 7 nitrogen and oxygen atoms in total. The molecular weight excluding hydrogens is 440 g/mol. The van der Waals surface area contributed by atoms with Crippen molar-refractivity contribution in [1.82, 2.24) is 10.0 Å². The second-order valence-electron chi connectivity index (χ2n) is 7.13. The van der Waals surface area contributed by atoms with Gasteiger partial charge in [0.1, 0.15) is 4.90 Å². The molecule has 0 spiro atoms. The van der Waals surface area contributed by atoms with Gasteiger partial charge in [0.2, 0.25) is 0 Å². The summed E-state index contributed by atoms with van der Waals surface area (Å²) >= 11 is 0. The zero-order valence-corrected chi connectivity index (χ0v) is 18.2. The van der Waals surface area contributed by atoms with Crippen LogP contribution in [-0.2, 0) is 16.7 Å². The summed E-state index contributed by atoms with van der Waals surface area (Å²) in [5, 5.41) is 2.69. The highest BCUT2D eigenvalue weighted by Crippen LogP contribution is 2.19. The van der Waals surface area contributed by atoms with Crippen molar-refractivity contribution < 1.29 is 17.5 Å². The van der Waals surface area contributed by atoms with E-state index in [-0.39, 0.29) is 17.1 Å². The van der Waals surface area contributed by atoms with Gasteiger partial charge < -0.3 is 5.32 Å². The Morgan fingerprint density at radius 1 is 0.758 bits per heavy atom. The maximum Gasteiger partial charge on any atom is 0.357 e. The van der Waals surface area contributed by atoms with E-state index in [1.54, 1.807) is 6.07 Å². The molecule has 0 unspecified atom stereocenters. The van der Waals surface area contributed by atoms with Crippen molar-refractivity contribution in [2.45, 2.75) is 11.4 Å². The quantitative estimate of drug-likeness (QED) is 0.457. The van der Waals surface area contributed by atoms with Crippen molar-refractivity contribution in [2.24, 2.45) is 0 Å². The summed E-state index contributed by atoms with van der Waals surface area (Å²) in [4.78, 5) is 24.9. The van der Waals surface area contributed by atoms with Gasteiger partial charge >= 0.3 is 10.1 Å². The number of hydrogen-bond donors (Lipinski definition) is 1. The van der Waals surface area contributed by atoms with Crippen LogP contribution in [0.5, 0.6) is 0 Å². The van der Waals surface area contributed by atoms with E-state index in [9.17, 15) is 18.0 Å². The zero-order valence-electron chi connectivity index (χ0n) is 17.4. The van der Waals surface area contributed by atoms with E-state index in [2.05, 4.69) is 5.32 Å². The summed E-state index contributed by atoms with van der Waals surface area (Å²) in [6.07, 6.45) is 0. The Balaban J connectivity index is 1.50. The van der Waals surface area contributed by atoms with Gasteiger partial charge in [0, 0.05) is 12.6 Å². The highest BCUT2D eigenvalue weighted by Gasteiger charge is 2.21. The van der Waals surface area contributed by atoms with E-state index in [0.29, 0.717) is 4.73 Å². The Hall–Kier alpha value is -4.17. The Bertz CT molecular complexity index is 1420. The first-order valence-corrected chi connectivity index (χ1v) is 11.5. The predicted molar refractivity (Wildman–Crippen MR) is 124 cm³/mol. The molecule has 1 aromatic heterocycles. The third-order valence-electron chi connectivity index (χ3n) is 4.86. The fourth-order valence-electron chi connectivity index (χ4n) is 3.17. The molecule has 0 bridgehead atoms. The van der Waals surface area contributed by atoms with Crippen LogP contribution in [0.25, 0.3) is 11.1 Å². The van der Waals surface area contributed by atoms with Gasteiger partial charge in [-0.15, -0.1) is 4.73 Å². The lowest BCUT2D eigenvalue weighted by Crippen LogP contribution is -2.37. The Kier molecular flexibility index (Phi) is 6.37. The van der Waals surface area contributed by atoms with Crippen molar-refractivity contribution in [3.63, 3.8) is 0 Å². The number of hydrogen-bond acceptors (Lipinski definition) is 5. The second-order valence-corrected chi connectivity index (χ2v) is 8.66. The van der Waals surface area contributed by atoms with Crippen LogP contribution in [0.2, 0.25) is 0 Å². The predicted octanol–water partition coefficient (Wildman–Crippen LogP) is 3.26. The minimum atomic E-state index is -4.31. The molecule has 4 rings (SSSR count). The number of aromatic nitrogens is 1. The Morgan fingerprint density at radius 2 is 1.36 bits per heavy atom. The molecule has 1 amide bonds. The number of pyridine rings is 1. The van der Waals surface area contributed by atoms with Crippen LogP contribution in [0.15, 0.2) is 113 Å². The first-order chi connectivity index (χ1) is 15.9. The van der Waals surface area contributed by atoms with Crippen LogP contribution in [0.3, 0.4) is 0 Å². The highest BCUT2D eigenvalue weighted by molar-refractivity contribution is 7.87. The number of amides is 1. The number of carbonyl (C=O) groups is 1. The molecule has 0 radical (unpaired) electrons. The molecule has 0 aliphatic carbocycles. The molecule has 0 atom stereocenters. The van der Waals surface area contributed by atoms with E-state index in [4.69, 9.17) is 4.28 Å². The average molecular weight is 461 g/mol. The van der Waals surface area contributed by atoms with Crippen LogP contribution in [0.4, 0.5) is 0 Å². The van der Waals surface area contributed by atoms with Crippen LogP contribution in [0, 0.1) is 0 Å². The summed E-state index contributed by atoms with van der Waals surface area (Å²) in [6.45, 7) is 0.183. The van der Waals surface area contributed by atoms with Crippen molar-refractivity contribution in [1.29, 1.82) is 0 Å². The first-order valence-electron chi connectivity index (χ1n) is 10.1. The lowest BCUT2D eigenvalue weighted by Gasteiger charge is -2.13. The molecule has 1 heterocycles. The number of carbonyl (C=O) groups excluding carboxylic acids is 1. The standard InChI is InChI=1S/C25H20N2O5S/c28-24-13-7-12-23(27(24)32-33(30,31)22-10-5-2-6-11-22)25(29)26-18-19-14-16-21(17-15-19)20-8-3-1-4-9-20/h1-17H,18H2,(H,26,29). The maximum absolute atomic E-state index is 12.8. The zero-order chi connectivity index (χ0) is 23.3. The molecule has 3 aromatic carbocycles. The van der Waals surface area contributed by atoms with Crippen LogP contribution >= 0.6 is 0 Å². The molecule has 1 N–H and O–H groups in total. The van der Waals surface area contributed by atoms with Crippen LogP contribution < -0.4 is 15.2 Å². The van der Waals surface area contributed by atoms with Crippen LogP contribution in [-0.4, -0.2) is 19.1 Å². The molecule has 4 aromatic rings. The molecule has 0 aliphatic rings. The van der Waals surface area contributed by atoms with E-state index < -0.39 is 21.6 Å². The van der Waals surface area contributed by atoms with Gasteiger partial charge in [0.25, 0.3) is 11.5 Å². The van der Waals surface area contributed by atoms with Crippen molar-refractivity contribution >= 4 is 16.0 Å². The van der Waals surface area contributed by atoms with Gasteiger partial charge in [0.05, 0.1) is 0 Å². The normalized spacial score (nSPS) is 11.0. The van der Waals surface area contributed by atoms with Gasteiger partial charge in [-0.3, -0.25) is 13.9 Å². The average Bonchev–Trinajstić information content (AvgIpc) is 2.85. The summed E-state index contributed by atoms with van der Waals surface area (Å²) in [5.74, 6) is -0.650. The van der Waals surface area contributed by atoms with Crippen LogP contribution in [0.1, 0.15) is 16.1 Å². The van der Waals surface area contributed by atoms with E-state index >= 15 is 0 Å². The van der Waals surface area contributed by atoms with Crippen molar-refractivity contribution in [2.75, 3.05) is 0 Å². The number of rotatable bonds is 7. The van der Waals surface area contributed by atoms with Gasteiger partial charge in [-0.05, 0) is 34.9 Å². The minimum Gasteiger partial charge on any atom is -0.347 e. The van der Waals surface area contributed by atoms with Gasteiger partial charge in [-0.25, -0.2) is 0 Å². The summed E-state index contributed by atoms with van der Waals surface area (Å²) < 4.78 is 30.6. The minimum absolute atomic E-state index is 0.134. The smallest absolute Gasteiger partial charge is 0.347 e. The second kappa shape index (κ2) is 9.54. The maximum atomic E-state index is 12.8. The molecule has 0 fully saturated rings. The first kappa shape index (κ1) is 22.0. The van der Waals surface area contributed by atoms with Gasteiger partial charge in [-0.1, -0.05) is 78.9 Å². The largest absolute Gasteiger partial charge is 0.357 e. The molecule has 0 saturated heterocycles. The molecule has 166 valence electrons.